The molecule has 0 saturated carbocycles. The number of nitrogens with zero attached hydrogens (tertiary/aromatic N) is 2. The molecule has 0 fully saturated rings. The summed E-state index contributed by atoms with van der Waals surface area (Å²) in [5.74, 6) is -0.633. The van der Waals surface area contributed by atoms with Gasteiger partial charge < -0.3 is 14.8 Å². The summed E-state index contributed by atoms with van der Waals surface area (Å²) in [7, 11) is -6.11. The van der Waals surface area contributed by atoms with Crippen molar-refractivity contribution >= 4 is 48.3 Å². The lowest BCUT2D eigenvalue weighted by Gasteiger charge is -2.27. The Labute approximate surface area is 299 Å². The number of furan rings is 1. The van der Waals surface area contributed by atoms with Crippen molar-refractivity contribution in [2.75, 3.05) is 41.3 Å². The van der Waals surface area contributed by atoms with Gasteiger partial charge in [-0.3, -0.25) is 18.7 Å². The molecule has 5 rings (SSSR count). The predicted molar refractivity (Wildman–Crippen MR) is 200 cm³/mol. The van der Waals surface area contributed by atoms with Gasteiger partial charge in [0, 0.05) is 52.3 Å². The van der Waals surface area contributed by atoms with Crippen LogP contribution in [0.1, 0.15) is 81.4 Å². The van der Waals surface area contributed by atoms with Gasteiger partial charge in [0.05, 0.1) is 23.9 Å². The smallest absolute Gasteiger partial charge is 0.251 e. The van der Waals surface area contributed by atoms with Crippen LogP contribution in [0.15, 0.2) is 59.0 Å². The van der Waals surface area contributed by atoms with E-state index in [4.69, 9.17) is 4.42 Å². The first-order valence-electron chi connectivity index (χ1n) is 17.0. The minimum Gasteiger partial charge on any atom is -0.456 e. The highest BCUT2D eigenvalue weighted by atomic mass is 32.2. The lowest BCUT2D eigenvalue weighted by molar-refractivity contribution is 0.0919. The largest absolute Gasteiger partial charge is 0.456 e. The molecule has 2 bridgehead atoms. The van der Waals surface area contributed by atoms with Gasteiger partial charge in [-0.15, -0.1) is 0 Å². The summed E-state index contributed by atoms with van der Waals surface area (Å²) in [6.45, 7) is 5.87. The van der Waals surface area contributed by atoms with E-state index in [1.54, 1.807) is 31.3 Å². The summed E-state index contributed by atoms with van der Waals surface area (Å²) in [4.78, 5) is 13.7. The van der Waals surface area contributed by atoms with E-state index in [0.717, 1.165) is 38.2 Å². The highest BCUT2D eigenvalue weighted by Gasteiger charge is 2.29. The van der Waals surface area contributed by atoms with Crippen molar-refractivity contribution in [3.63, 3.8) is 0 Å². The average molecular weight is 743 g/mol. The maximum absolute atomic E-state index is 13.9. The SMILES string of the molecule is CNC(O)c1c(-c2ccc(F)cc2)oc2cc3c(cc12)-c1cc(C(=O)NC(C)(C)C)cc(c1)N(S(C)(=O)=O)CCCCCCCCN3S(C)(=O)=O. The zero-order valence-electron chi connectivity index (χ0n) is 29.9. The molecular formula is C37H47FN4O7S2. The molecule has 14 heteroatoms. The molecule has 4 aromatic rings. The molecule has 51 heavy (non-hydrogen) atoms. The number of hydrogen-bond donors (Lipinski definition) is 3. The van der Waals surface area contributed by atoms with Crippen LogP contribution in [0.2, 0.25) is 0 Å². The van der Waals surface area contributed by atoms with Crippen LogP contribution in [-0.4, -0.2) is 66.0 Å². The lowest BCUT2D eigenvalue weighted by atomic mass is 9.96. The third kappa shape index (κ3) is 8.91. The van der Waals surface area contributed by atoms with E-state index in [0.29, 0.717) is 40.5 Å². The van der Waals surface area contributed by atoms with Crippen LogP contribution in [-0.2, 0) is 20.0 Å². The number of aliphatic hydroxyl groups is 1. The lowest BCUT2D eigenvalue weighted by Crippen LogP contribution is -2.40. The van der Waals surface area contributed by atoms with E-state index in [2.05, 4.69) is 10.6 Å². The second-order valence-corrected chi connectivity index (χ2v) is 18.0. The van der Waals surface area contributed by atoms with Crippen LogP contribution < -0.4 is 19.2 Å². The highest BCUT2D eigenvalue weighted by Crippen LogP contribution is 2.44. The first-order chi connectivity index (χ1) is 23.9. The summed E-state index contributed by atoms with van der Waals surface area (Å²) < 4.78 is 76.5. The first kappa shape index (κ1) is 38.3. The number of amides is 1. The quantitative estimate of drug-likeness (QED) is 0.189. The van der Waals surface area contributed by atoms with Crippen molar-refractivity contribution in [2.45, 2.75) is 71.1 Å². The van der Waals surface area contributed by atoms with Gasteiger partial charge in [-0.05, 0) is 94.8 Å². The van der Waals surface area contributed by atoms with E-state index < -0.39 is 43.5 Å². The summed E-state index contributed by atoms with van der Waals surface area (Å²) >= 11 is 0. The number of sulfonamides is 2. The minimum atomic E-state index is -3.88. The molecule has 3 N–H and O–H groups in total. The van der Waals surface area contributed by atoms with Crippen molar-refractivity contribution < 1.29 is 35.5 Å². The van der Waals surface area contributed by atoms with Crippen molar-refractivity contribution in [1.29, 1.82) is 0 Å². The third-order valence-electron chi connectivity index (χ3n) is 8.81. The number of rotatable bonds is 6. The van der Waals surface area contributed by atoms with Gasteiger partial charge in [0.1, 0.15) is 23.4 Å². The zero-order chi connectivity index (χ0) is 37.3. The van der Waals surface area contributed by atoms with Gasteiger partial charge in [0.2, 0.25) is 20.0 Å². The number of carbonyl (C=O) groups excluding carboxylic acids is 1. The van der Waals surface area contributed by atoms with Crippen LogP contribution in [0.5, 0.6) is 0 Å². The van der Waals surface area contributed by atoms with Gasteiger partial charge in [-0.25, -0.2) is 21.2 Å². The van der Waals surface area contributed by atoms with Crippen LogP contribution in [0.3, 0.4) is 0 Å². The van der Waals surface area contributed by atoms with Crippen molar-refractivity contribution in [3.05, 3.63) is 71.5 Å². The Morgan fingerprint density at radius 1 is 0.843 bits per heavy atom. The molecule has 1 aliphatic heterocycles. The Morgan fingerprint density at radius 2 is 1.43 bits per heavy atom. The summed E-state index contributed by atoms with van der Waals surface area (Å²) in [5.41, 5.74) is 1.94. The fraction of sp³-hybridized carbons (Fsp3) is 0.432. The molecular weight excluding hydrogens is 696 g/mol. The van der Waals surface area contributed by atoms with Gasteiger partial charge in [-0.2, -0.15) is 0 Å². The van der Waals surface area contributed by atoms with Gasteiger partial charge in [0.15, 0.2) is 0 Å². The van der Waals surface area contributed by atoms with E-state index in [9.17, 15) is 31.1 Å². The normalized spacial score (nSPS) is 15.9. The van der Waals surface area contributed by atoms with Crippen molar-refractivity contribution in [2.24, 2.45) is 0 Å². The number of benzene rings is 3. The number of hydrogen-bond acceptors (Lipinski definition) is 8. The fourth-order valence-corrected chi connectivity index (χ4v) is 8.36. The summed E-state index contributed by atoms with van der Waals surface area (Å²) in [6.07, 6.45) is 5.42. The van der Waals surface area contributed by atoms with E-state index in [1.165, 1.54) is 38.9 Å². The maximum Gasteiger partial charge on any atom is 0.251 e. The molecule has 3 aromatic carbocycles. The molecule has 11 nitrogen and oxygen atoms in total. The molecule has 1 aromatic heterocycles. The van der Waals surface area contributed by atoms with E-state index >= 15 is 0 Å². The van der Waals surface area contributed by atoms with Crippen LogP contribution in [0.25, 0.3) is 33.4 Å². The Bertz CT molecular complexity index is 2130. The zero-order valence-corrected chi connectivity index (χ0v) is 31.5. The number of anilines is 2. The number of carbonyl (C=O) groups is 1. The standard InChI is InChI=1S/C37H47FN4O7S2/c1-37(2,3)40-35(43)26-19-25-20-28(21-26)41(50(5,45)46)17-11-9-7-8-10-12-18-42(51(6,47)48)31-23-32-30(22-29(25)31)33(36(44)39-4)34(49-32)24-13-15-27(38)16-14-24/h13-16,19-23,36,39,44H,7-12,17-18H2,1-6H3,(H,40,43). The van der Waals surface area contributed by atoms with Crippen LogP contribution >= 0.6 is 0 Å². The molecule has 0 saturated heterocycles. The Balaban J connectivity index is 1.90. The fourth-order valence-electron chi connectivity index (χ4n) is 6.44. The molecule has 0 radical (unpaired) electrons. The molecule has 0 spiro atoms. The molecule has 1 atom stereocenters. The number of halogens is 1. The van der Waals surface area contributed by atoms with Crippen molar-refractivity contribution in [1.82, 2.24) is 10.6 Å². The van der Waals surface area contributed by atoms with Crippen molar-refractivity contribution in [3.8, 4) is 22.5 Å². The third-order valence-corrected chi connectivity index (χ3v) is 11.2. The van der Waals surface area contributed by atoms with E-state index in [-0.39, 0.29) is 41.4 Å². The van der Waals surface area contributed by atoms with E-state index in [1.807, 2.05) is 20.8 Å². The van der Waals surface area contributed by atoms with Crippen LogP contribution in [0, 0.1) is 5.82 Å². The second kappa shape index (κ2) is 14.9. The number of nitrogens with one attached hydrogen (secondary N) is 2. The summed E-state index contributed by atoms with van der Waals surface area (Å²) in [6, 6.07) is 13.7. The average Bonchev–Trinajstić information content (AvgIpc) is 3.40. The Hall–Kier alpha value is -3.98. The van der Waals surface area contributed by atoms with Gasteiger partial charge in [-0.1, -0.05) is 25.7 Å². The monoisotopic (exact) mass is 742 g/mol. The van der Waals surface area contributed by atoms with Gasteiger partial charge in [0.25, 0.3) is 5.91 Å². The molecule has 276 valence electrons. The van der Waals surface area contributed by atoms with Crippen LogP contribution in [0.4, 0.5) is 15.8 Å². The highest BCUT2D eigenvalue weighted by molar-refractivity contribution is 7.92. The second-order valence-electron chi connectivity index (χ2n) is 14.2. The molecule has 1 unspecified atom stereocenters. The maximum atomic E-state index is 13.9. The number of aliphatic hydroxyl groups excluding tert-OH is 1. The summed E-state index contributed by atoms with van der Waals surface area (Å²) in [5, 5.41) is 17.5. The number of fused-ring (bicyclic) bond motifs is 5. The topological polar surface area (TPSA) is 149 Å². The molecule has 1 aliphatic rings. The van der Waals surface area contributed by atoms with Gasteiger partial charge >= 0.3 is 0 Å². The predicted octanol–water partition coefficient (Wildman–Crippen LogP) is 6.53. The minimum absolute atomic E-state index is 0.168. The Kier molecular flexibility index (Phi) is 11.2. The molecule has 0 aliphatic carbocycles. The molecule has 1 amide bonds. The first-order valence-corrected chi connectivity index (χ1v) is 20.7. The Morgan fingerprint density at radius 3 is 2.00 bits per heavy atom. The molecule has 2 heterocycles.